The Balaban J connectivity index is 2.34. The minimum atomic E-state index is -4.41. The van der Waals surface area contributed by atoms with Gasteiger partial charge in [0, 0.05) is 12.7 Å². The molecule has 0 aliphatic carbocycles. The first-order chi connectivity index (χ1) is 9.45. The number of ether oxygens (including phenoxy) is 1. The molecule has 0 aliphatic rings. The molecule has 0 spiro atoms. The van der Waals surface area contributed by atoms with Gasteiger partial charge in [0.1, 0.15) is 5.75 Å². The standard InChI is InChI=1S/C13H14F3N3O/c1-20-11-4-2-3-9(5-11)12(6-17)19-8-10(7-18-19)13(14,15)16/h2-5,7-8,12H,6,17H2,1H3. The van der Waals surface area contributed by atoms with Crippen LogP contribution in [-0.4, -0.2) is 23.4 Å². The largest absolute Gasteiger partial charge is 0.497 e. The number of hydrogen-bond donors (Lipinski definition) is 1. The topological polar surface area (TPSA) is 53.1 Å². The molecule has 20 heavy (non-hydrogen) atoms. The SMILES string of the molecule is COc1cccc(C(CN)n2cc(C(F)(F)F)cn2)c1. The molecule has 0 fully saturated rings. The molecule has 108 valence electrons. The fourth-order valence-corrected chi connectivity index (χ4v) is 1.90. The molecule has 0 saturated carbocycles. The van der Waals surface area contributed by atoms with Gasteiger partial charge in [-0.3, -0.25) is 4.68 Å². The Kier molecular flexibility index (Phi) is 3.99. The molecule has 1 unspecified atom stereocenters. The lowest BCUT2D eigenvalue weighted by Crippen LogP contribution is -2.21. The van der Waals surface area contributed by atoms with Crippen LogP contribution in [0, 0.1) is 0 Å². The molecule has 2 rings (SSSR count). The molecular weight excluding hydrogens is 271 g/mol. The Morgan fingerprint density at radius 2 is 2.15 bits per heavy atom. The highest BCUT2D eigenvalue weighted by Crippen LogP contribution is 2.30. The minimum Gasteiger partial charge on any atom is -0.497 e. The normalized spacial score (nSPS) is 13.2. The Morgan fingerprint density at radius 3 is 2.70 bits per heavy atom. The van der Waals surface area contributed by atoms with Gasteiger partial charge in [-0.1, -0.05) is 12.1 Å². The van der Waals surface area contributed by atoms with E-state index in [1.165, 1.54) is 11.8 Å². The fourth-order valence-electron chi connectivity index (χ4n) is 1.90. The van der Waals surface area contributed by atoms with Gasteiger partial charge >= 0.3 is 6.18 Å². The number of alkyl halides is 3. The molecule has 2 N–H and O–H groups in total. The maximum absolute atomic E-state index is 12.6. The summed E-state index contributed by atoms with van der Waals surface area (Å²) in [5, 5.41) is 3.76. The van der Waals surface area contributed by atoms with E-state index in [-0.39, 0.29) is 6.54 Å². The van der Waals surface area contributed by atoms with Gasteiger partial charge in [-0.25, -0.2) is 0 Å². The van der Waals surface area contributed by atoms with E-state index in [2.05, 4.69) is 5.10 Å². The third-order valence-electron chi connectivity index (χ3n) is 2.95. The number of benzene rings is 1. The van der Waals surface area contributed by atoms with Crippen molar-refractivity contribution < 1.29 is 17.9 Å². The first kappa shape index (κ1) is 14.4. The lowest BCUT2D eigenvalue weighted by molar-refractivity contribution is -0.137. The van der Waals surface area contributed by atoms with Gasteiger partial charge in [0.2, 0.25) is 0 Å². The summed E-state index contributed by atoms with van der Waals surface area (Å²) in [5.74, 6) is 0.615. The Labute approximate surface area is 114 Å². The molecule has 0 aliphatic heterocycles. The van der Waals surface area contributed by atoms with Gasteiger partial charge in [0.05, 0.1) is 24.9 Å². The smallest absolute Gasteiger partial charge is 0.419 e. The maximum atomic E-state index is 12.6. The van der Waals surface area contributed by atoms with Crippen molar-refractivity contribution in [3.05, 3.63) is 47.8 Å². The Hall–Kier alpha value is -2.02. The number of aromatic nitrogens is 2. The van der Waals surface area contributed by atoms with Crippen molar-refractivity contribution in [2.24, 2.45) is 5.73 Å². The van der Waals surface area contributed by atoms with Crippen molar-refractivity contribution in [1.82, 2.24) is 9.78 Å². The number of nitrogens with zero attached hydrogens (tertiary/aromatic N) is 2. The lowest BCUT2D eigenvalue weighted by atomic mass is 10.1. The number of nitrogens with two attached hydrogens (primary N) is 1. The van der Waals surface area contributed by atoms with Crippen molar-refractivity contribution in [1.29, 1.82) is 0 Å². The van der Waals surface area contributed by atoms with Gasteiger partial charge < -0.3 is 10.5 Å². The third-order valence-corrected chi connectivity index (χ3v) is 2.95. The Morgan fingerprint density at radius 1 is 1.40 bits per heavy atom. The monoisotopic (exact) mass is 285 g/mol. The predicted molar refractivity (Wildman–Crippen MR) is 67.4 cm³/mol. The summed E-state index contributed by atoms with van der Waals surface area (Å²) in [6, 6.07) is 6.54. The number of rotatable bonds is 4. The van der Waals surface area contributed by atoms with Crippen LogP contribution in [0.25, 0.3) is 0 Å². The van der Waals surface area contributed by atoms with Crippen molar-refractivity contribution in [3.8, 4) is 5.75 Å². The lowest BCUT2D eigenvalue weighted by Gasteiger charge is -2.16. The van der Waals surface area contributed by atoms with Gasteiger partial charge in [-0.05, 0) is 17.7 Å². The highest BCUT2D eigenvalue weighted by Gasteiger charge is 2.32. The first-order valence-corrected chi connectivity index (χ1v) is 5.91. The zero-order valence-electron chi connectivity index (χ0n) is 10.8. The van der Waals surface area contributed by atoms with Crippen molar-refractivity contribution in [2.45, 2.75) is 12.2 Å². The average molecular weight is 285 g/mol. The molecule has 2 aromatic rings. The summed E-state index contributed by atoms with van der Waals surface area (Å²) in [6.45, 7) is 0.131. The van der Waals surface area contributed by atoms with Gasteiger partial charge in [-0.15, -0.1) is 0 Å². The van der Waals surface area contributed by atoms with Crippen molar-refractivity contribution in [2.75, 3.05) is 13.7 Å². The summed E-state index contributed by atoms with van der Waals surface area (Å²) < 4.78 is 44.1. The van der Waals surface area contributed by atoms with Crippen LogP contribution in [0.4, 0.5) is 13.2 Å². The fraction of sp³-hybridized carbons (Fsp3) is 0.308. The molecule has 1 aromatic carbocycles. The van der Waals surface area contributed by atoms with Crippen LogP contribution in [0.3, 0.4) is 0 Å². The van der Waals surface area contributed by atoms with Crippen LogP contribution in [-0.2, 0) is 6.18 Å². The van der Waals surface area contributed by atoms with Crippen molar-refractivity contribution >= 4 is 0 Å². The maximum Gasteiger partial charge on any atom is 0.419 e. The van der Waals surface area contributed by atoms with Gasteiger partial charge in [-0.2, -0.15) is 18.3 Å². The van der Waals surface area contributed by atoms with Crippen LogP contribution >= 0.6 is 0 Å². The predicted octanol–water partition coefficient (Wildman–Crippen LogP) is 2.46. The number of methoxy groups -OCH3 is 1. The zero-order chi connectivity index (χ0) is 14.8. The van der Waals surface area contributed by atoms with E-state index in [1.54, 1.807) is 24.3 Å². The van der Waals surface area contributed by atoms with E-state index in [0.29, 0.717) is 5.75 Å². The van der Waals surface area contributed by atoms with E-state index < -0.39 is 17.8 Å². The first-order valence-electron chi connectivity index (χ1n) is 5.91. The Bertz CT molecular complexity index is 580. The van der Waals surface area contributed by atoms with E-state index in [9.17, 15) is 13.2 Å². The molecule has 0 saturated heterocycles. The summed E-state index contributed by atoms with van der Waals surface area (Å²) in [7, 11) is 1.52. The van der Waals surface area contributed by atoms with Crippen LogP contribution < -0.4 is 10.5 Å². The average Bonchev–Trinajstić information content (AvgIpc) is 2.89. The van der Waals surface area contributed by atoms with Gasteiger partial charge in [0.25, 0.3) is 0 Å². The number of hydrogen-bond acceptors (Lipinski definition) is 3. The quantitative estimate of drug-likeness (QED) is 0.938. The van der Waals surface area contributed by atoms with Crippen LogP contribution in [0.2, 0.25) is 0 Å². The van der Waals surface area contributed by atoms with Crippen LogP contribution in [0.1, 0.15) is 17.2 Å². The van der Waals surface area contributed by atoms with Gasteiger partial charge in [0.15, 0.2) is 0 Å². The molecular formula is C13H14F3N3O. The minimum absolute atomic E-state index is 0.131. The van der Waals surface area contributed by atoms with Crippen molar-refractivity contribution in [3.63, 3.8) is 0 Å². The third kappa shape index (κ3) is 2.93. The number of halogens is 3. The van der Waals surface area contributed by atoms with Crippen LogP contribution in [0.15, 0.2) is 36.7 Å². The molecule has 1 heterocycles. The molecule has 4 nitrogen and oxygen atoms in total. The highest BCUT2D eigenvalue weighted by atomic mass is 19.4. The highest BCUT2D eigenvalue weighted by molar-refractivity contribution is 5.31. The summed E-state index contributed by atoms with van der Waals surface area (Å²) in [5.41, 5.74) is 5.61. The summed E-state index contributed by atoms with van der Waals surface area (Å²) in [6.07, 6.45) is -2.66. The molecule has 0 radical (unpaired) electrons. The van der Waals surface area contributed by atoms with Crippen LogP contribution in [0.5, 0.6) is 5.75 Å². The molecule has 0 amide bonds. The second-order valence-corrected chi connectivity index (χ2v) is 4.23. The second-order valence-electron chi connectivity index (χ2n) is 4.23. The zero-order valence-corrected chi connectivity index (χ0v) is 10.8. The van der Waals surface area contributed by atoms with E-state index >= 15 is 0 Å². The molecule has 7 heteroatoms. The summed E-state index contributed by atoms with van der Waals surface area (Å²) >= 11 is 0. The second kappa shape index (κ2) is 5.54. The molecule has 1 atom stereocenters. The van der Waals surface area contributed by atoms with E-state index in [1.807, 2.05) is 0 Å². The van der Waals surface area contributed by atoms with E-state index in [4.69, 9.17) is 10.5 Å². The molecule has 0 bridgehead atoms. The van der Waals surface area contributed by atoms with E-state index in [0.717, 1.165) is 18.0 Å². The molecule has 1 aromatic heterocycles. The summed E-state index contributed by atoms with van der Waals surface area (Å²) in [4.78, 5) is 0.